The number of hydrogen-bond donors (Lipinski definition) is 0. The average Bonchev–Trinajstić information content (AvgIpc) is 3.09. The zero-order chi connectivity index (χ0) is 22.5. The van der Waals surface area contributed by atoms with E-state index in [9.17, 15) is 9.59 Å². The Morgan fingerprint density at radius 2 is 1.97 bits per heavy atom. The van der Waals surface area contributed by atoms with Crippen LogP contribution in [0.1, 0.15) is 53.0 Å². The molecule has 166 valence electrons. The van der Waals surface area contributed by atoms with Gasteiger partial charge in [0.2, 0.25) is 5.91 Å². The lowest BCUT2D eigenvalue weighted by Crippen LogP contribution is -2.31. The van der Waals surface area contributed by atoms with E-state index >= 15 is 0 Å². The fourth-order valence-corrected chi connectivity index (χ4v) is 4.68. The maximum absolute atomic E-state index is 12.9. The molecule has 1 aliphatic heterocycles. The van der Waals surface area contributed by atoms with Crippen LogP contribution < -0.4 is 0 Å². The Balaban J connectivity index is 1.59. The number of hydrogen-bond acceptors (Lipinski definition) is 6. The minimum absolute atomic E-state index is 0.0519. The van der Waals surface area contributed by atoms with Gasteiger partial charge in [-0.25, -0.2) is 4.98 Å². The molecule has 7 nitrogen and oxygen atoms in total. The van der Waals surface area contributed by atoms with Crippen molar-refractivity contribution >= 4 is 23.5 Å². The molecular weight excluding hydrogens is 422 g/mol. The molecule has 0 saturated carbocycles. The first-order valence-electron chi connectivity index (χ1n) is 10.9. The molecule has 1 fully saturated rings. The van der Waals surface area contributed by atoms with Gasteiger partial charge >= 0.3 is 0 Å². The topological polar surface area (TPSA) is 81.0 Å². The predicted octanol–water partition coefficient (Wildman–Crippen LogP) is 4.16. The van der Waals surface area contributed by atoms with Gasteiger partial charge in [-0.05, 0) is 50.5 Å². The van der Waals surface area contributed by atoms with Crippen molar-refractivity contribution in [1.29, 1.82) is 0 Å². The van der Waals surface area contributed by atoms with Crippen LogP contribution >= 0.6 is 11.8 Å². The van der Waals surface area contributed by atoms with Crippen molar-refractivity contribution in [3.63, 3.8) is 0 Å². The zero-order valence-electron chi connectivity index (χ0n) is 18.5. The van der Waals surface area contributed by atoms with Crippen LogP contribution in [-0.2, 0) is 11.3 Å². The first-order valence-corrected chi connectivity index (χ1v) is 11.9. The van der Waals surface area contributed by atoms with Crippen molar-refractivity contribution in [2.45, 2.75) is 51.2 Å². The second-order valence-electron chi connectivity index (χ2n) is 8.08. The fourth-order valence-electron chi connectivity index (χ4n) is 3.83. The number of likely N-dealkylation sites (tertiary alicyclic amines) is 1. The minimum atomic E-state index is 0.0519. The van der Waals surface area contributed by atoms with Gasteiger partial charge in [-0.1, -0.05) is 41.9 Å². The van der Waals surface area contributed by atoms with E-state index in [-0.39, 0.29) is 17.4 Å². The highest BCUT2D eigenvalue weighted by Gasteiger charge is 2.23. The Labute approximate surface area is 192 Å². The summed E-state index contributed by atoms with van der Waals surface area (Å²) in [6.45, 7) is 5.04. The molecule has 3 aromatic rings. The maximum Gasteiger partial charge on any atom is 0.222 e. The molecule has 0 N–H and O–H groups in total. The lowest BCUT2D eigenvalue weighted by atomic mass is 10.0. The van der Waals surface area contributed by atoms with Crippen LogP contribution in [0.3, 0.4) is 0 Å². The highest BCUT2D eigenvalue weighted by Crippen LogP contribution is 2.24. The molecule has 3 heterocycles. The summed E-state index contributed by atoms with van der Waals surface area (Å²) in [5.74, 6) is 1.78. The normalized spacial score (nSPS) is 14.4. The van der Waals surface area contributed by atoms with E-state index in [1.54, 1.807) is 6.20 Å². The van der Waals surface area contributed by atoms with Crippen LogP contribution in [0, 0.1) is 13.8 Å². The number of pyridine rings is 1. The van der Waals surface area contributed by atoms with Gasteiger partial charge in [0.05, 0.1) is 12.3 Å². The molecule has 1 aliphatic rings. The van der Waals surface area contributed by atoms with Gasteiger partial charge in [-0.15, -0.1) is 10.2 Å². The molecule has 1 aromatic carbocycles. The number of Topliss-reactive ketones (excluding diaryl/α,β-unsaturated/α-hetero) is 1. The number of benzene rings is 1. The van der Waals surface area contributed by atoms with Gasteiger partial charge in [-0.2, -0.15) is 0 Å². The van der Waals surface area contributed by atoms with Crippen LogP contribution in [0.4, 0.5) is 0 Å². The van der Waals surface area contributed by atoms with E-state index in [2.05, 4.69) is 15.2 Å². The molecule has 0 aliphatic carbocycles. The summed E-state index contributed by atoms with van der Waals surface area (Å²) >= 11 is 1.34. The molecular formula is C24H27N5O2S. The number of aromatic nitrogens is 4. The van der Waals surface area contributed by atoms with Gasteiger partial charge in [0.1, 0.15) is 5.82 Å². The second-order valence-corrected chi connectivity index (χ2v) is 9.02. The number of amides is 1. The summed E-state index contributed by atoms with van der Waals surface area (Å²) in [5.41, 5.74) is 2.76. The standard InChI is InChI=1S/C24H27N5O2S/c1-17-10-11-18(2)19(14-17)20(30)16-32-24-27-26-22(29(24)21-8-5-6-12-25-21)15-28-13-7-3-4-9-23(28)31/h5-6,8,10-12,14H,3-4,7,9,13,15-16H2,1-2H3. The number of thioether (sulfide) groups is 1. The predicted molar refractivity (Wildman–Crippen MR) is 124 cm³/mol. The molecule has 0 spiro atoms. The smallest absolute Gasteiger partial charge is 0.222 e. The second kappa shape index (κ2) is 10.1. The van der Waals surface area contributed by atoms with Crippen LogP contribution in [0.2, 0.25) is 0 Å². The summed E-state index contributed by atoms with van der Waals surface area (Å²) in [7, 11) is 0. The van der Waals surface area contributed by atoms with Gasteiger partial charge in [0.25, 0.3) is 0 Å². The average molecular weight is 450 g/mol. The quantitative estimate of drug-likeness (QED) is 0.398. The number of aryl methyl sites for hydroxylation is 2. The van der Waals surface area contributed by atoms with Gasteiger partial charge in [0, 0.05) is 24.7 Å². The van der Waals surface area contributed by atoms with Crippen molar-refractivity contribution in [3.05, 3.63) is 65.1 Å². The van der Waals surface area contributed by atoms with Gasteiger partial charge < -0.3 is 4.90 Å². The Hall–Kier alpha value is -3.00. The number of rotatable bonds is 7. The molecule has 0 radical (unpaired) electrons. The monoisotopic (exact) mass is 449 g/mol. The van der Waals surface area contributed by atoms with Crippen LogP contribution in [0.5, 0.6) is 0 Å². The number of carbonyl (C=O) groups is 2. The van der Waals surface area contributed by atoms with E-state index in [4.69, 9.17) is 0 Å². The first kappa shape index (κ1) is 22.2. The molecule has 0 atom stereocenters. The van der Waals surface area contributed by atoms with Crippen LogP contribution in [0.25, 0.3) is 5.82 Å². The third kappa shape index (κ3) is 5.07. The SMILES string of the molecule is Cc1ccc(C)c(C(=O)CSc2nnc(CN3CCCCCC3=O)n2-c2ccccn2)c1. The summed E-state index contributed by atoms with van der Waals surface area (Å²) in [6.07, 6.45) is 5.28. The van der Waals surface area contributed by atoms with Crippen molar-refractivity contribution in [2.75, 3.05) is 12.3 Å². The van der Waals surface area contributed by atoms with Gasteiger partial charge in [0.15, 0.2) is 16.8 Å². The number of carbonyl (C=O) groups excluding carboxylic acids is 2. The number of nitrogens with zero attached hydrogens (tertiary/aromatic N) is 5. The molecule has 1 saturated heterocycles. The molecule has 32 heavy (non-hydrogen) atoms. The summed E-state index contributed by atoms with van der Waals surface area (Å²) in [4.78, 5) is 31.7. The Bertz CT molecular complexity index is 1110. The Morgan fingerprint density at radius 1 is 1.09 bits per heavy atom. The molecule has 0 bridgehead atoms. The van der Waals surface area contributed by atoms with E-state index in [0.29, 0.717) is 29.8 Å². The largest absolute Gasteiger partial charge is 0.335 e. The Morgan fingerprint density at radius 3 is 2.78 bits per heavy atom. The zero-order valence-corrected chi connectivity index (χ0v) is 19.3. The molecule has 4 rings (SSSR count). The third-order valence-electron chi connectivity index (χ3n) is 5.61. The summed E-state index contributed by atoms with van der Waals surface area (Å²) in [6, 6.07) is 11.5. The first-order chi connectivity index (χ1) is 15.5. The van der Waals surface area contributed by atoms with E-state index < -0.39 is 0 Å². The highest BCUT2D eigenvalue weighted by atomic mass is 32.2. The third-order valence-corrected chi connectivity index (χ3v) is 6.54. The van der Waals surface area contributed by atoms with Crippen molar-refractivity contribution in [1.82, 2.24) is 24.6 Å². The molecule has 8 heteroatoms. The van der Waals surface area contributed by atoms with Crippen LogP contribution in [0.15, 0.2) is 47.8 Å². The van der Waals surface area contributed by atoms with Crippen LogP contribution in [-0.4, -0.2) is 48.6 Å². The van der Waals surface area contributed by atoms with E-state index in [1.807, 2.05) is 59.7 Å². The fraction of sp³-hybridized carbons (Fsp3) is 0.375. The van der Waals surface area contributed by atoms with E-state index in [1.165, 1.54) is 11.8 Å². The molecule has 1 amide bonds. The Kier molecular flexibility index (Phi) is 6.99. The number of ketones is 1. The molecule has 2 aromatic heterocycles. The summed E-state index contributed by atoms with van der Waals surface area (Å²) < 4.78 is 1.86. The molecule has 0 unspecified atom stereocenters. The lowest BCUT2D eigenvalue weighted by Gasteiger charge is -2.20. The maximum atomic E-state index is 12.9. The summed E-state index contributed by atoms with van der Waals surface area (Å²) in [5, 5.41) is 9.34. The van der Waals surface area contributed by atoms with E-state index in [0.717, 1.165) is 42.5 Å². The van der Waals surface area contributed by atoms with Crippen molar-refractivity contribution in [2.24, 2.45) is 0 Å². The minimum Gasteiger partial charge on any atom is -0.335 e. The highest BCUT2D eigenvalue weighted by molar-refractivity contribution is 7.99. The lowest BCUT2D eigenvalue weighted by molar-refractivity contribution is -0.131. The van der Waals surface area contributed by atoms with Crippen molar-refractivity contribution in [3.8, 4) is 5.82 Å². The van der Waals surface area contributed by atoms with Crippen molar-refractivity contribution < 1.29 is 9.59 Å². The van der Waals surface area contributed by atoms with Gasteiger partial charge in [-0.3, -0.25) is 14.2 Å².